The summed E-state index contributed by atoms with van der Waals surface area (Å²) < 4.78 is 0. The van der Waals surface area contributed by atoms with Gasteiger partial charge < -0.3 is 5.21 Å². The van der Waals surface area contributed by atoms with Gasteiger partial charge in [0.05, 0.1) is 12.2 Å². The number of rotatable bonds is 2. The number of pyridine rings is 1. The molecule has 1 rings (SSSR count). The van der Waals surface area contributed by atoms with Crippen LogP contribution < -0.4 is 5.48 Å². The van der Waals surface area contributed by atoms with Gasteiger partial charge in [-0.15, -0.1) is 0 Å². The zero-order valence-electron chi connectivity index (χ0n) is 5.83. The van der Waals surface area contributed by atoms with Gasteiger partial charge >= 0.3 is 0 Å². The SMILES string of the molecule is Cc1cccnc1CNO. The fourth-order valence-electron chi connectivity index (χ4n) is 0.778. The second kappa shape index (κ2) is 3.29. The average Bonchev–Trinajstić information content (AvgIpc) is 1.94. The van der Waals surface area contributed by atoms with Gasteiger partial charge in [0, 0.05) is 6.20 Å². The summed E-state index contributed by atoms with van der Waals surface area (Å²) in [6.07, 6.45) is 1.71. The van der Waals surface area contributed by atoms with Crippen LogP contribution in [0.2, 0.25) is 0 Å². The Hall–Kier alpha value is -0.930. The lowest BCUT2D eigenvalue weighted by molar-refractivity contribution is 0.160. The molecule has 3 nitrogen and oxygen atoms in total. The second-order valence-corrected chi connectivity index (χ2v) is 2.10. The van der Waals surface area contributed by atoms with Gasteiger partial charge in [-0.25, -0.2) is 0 Å². The van der Waals surface area contributed by atoms with Crippen LogP contribution in [-0.4, -0.2) is 10.2 Å². The second-order valence-electron chi connectivity index (χ2n) is 2.10. The van der Waals surface area contributed by atoms with Gasteiger partial charge in [-0.3, -0.25) is 4.98 Å². The van der Waals surface area contributed by atoms with Crippen molar-refractivity contribution in [2.45, 2.75) is 13.5 Å². The van der Waals surface area contributed by atoms with Gasteiger partial charge in [0.1, 0.15) is 0 Å². The molecule has 0 aromatic carbocycles. The molecule has 0 bridgehead atoms. The highest BCUT2D eigenvalue weighted by molar-refractivity contribution is 5.16. The first-order chi connectivity index (χ1) is 4.84. The highest BCUT2D eigenvalue weighted by Crippen LogP contribution is 2.00. The van der Waals surface area contributed by atoms with E-state index < -0.39 is 0 Å². The van der Waals surface area contributed by atoms with Crippen LogP contribution in [-0.2, 0) is 6.54 Å². The number of hydrogen-bond donors (Lipinski definition) is 2. The van der Waals surface area contributed by atoms with Crippen molar-refractivity contribution in [1.29, 1.82) is 0 Å². The molecule has 0 aliphatic carbocycles. The molecular formula is C7H10N2O. The normalized spacial score (nSPS) is 9.80. The van der Waals surface area contributed by atoms with E-state index in [0.717, 1.165) is 11.3 Å². The number of hydrogen-bond acceptors (Lipinski definition) is 3. The number of nitrogens with zero attached hydrogens (tertiary/aromatic N) is 1. The minimum absolute atomic E-state index is 0.409. The third-order valence-corrected chi connectivity index (χ3v) is 1.36. The van der Waals surface area contributed by atoms with E-state index in [1.165, 1.54) is 0 Å². The molecule has 1 aromatic heterocycles. The summed E-state index contributed by atoms with van der Waals surface area (Å²) in [5, 5.41) is 8.35. The number of aryl methyl sites for hydroxylation is 1. The fourth-order valence-corrected chi connectivity index (χ4v) is 0.778. The van der Waals surface area contributed by atoms with Crippen molar-refractivity contribution in [3.05, 3.63) is 29.6 Å². The molecular weight excluding hydrogens is 128 g/mol. The topological polar surface area (TPSA) is 45.2 Å². The maximum Gasteiger partial charge on any atom is 0.0633 e. The number of nitrogens with one attached hydrogen (secondary N) is 1. The molecule has 0 unspecified atom stereocenters. The fraction of sp³-hybridized carbons (Fsp3) is 0.286. The highest BCUT2D eigenvalue weighted by Gasteiger charge is 1.94. The first-order valence-corrected chi connectivity index (χ1v) is 3.12. The van der Waals surface area contributed by atoms with Crippen molar-refractivity contribution in [1.82, 2.24) is 10.5 Å². The smallest absolute Gasteiger partial charge is 0.0633 e. The van der Waals surface area contributed by atoms with Crippen LogP contribution in [0.15, 0.2) is 18.3 Å². The van der Waals surface area contributed by atoms with Crippen molar-refractivity contribution in [2.75, 3.05) is 0 Å². The van der Waals surface area contributed by atoms with Crippen LogP contribution in [0, 0.1) is 6.92 Å². The van der Waals surface area contributed by atoms with Gasteiger partial charge in [0.2, 0.25) is 0 Å². The molecule has 54 valence electrons. The Labute approximate surface area is 59.7 Å². The van der Waals surface area contributed by atoms with Crippen LogP contribution in [0.5, 0.6) is 0 Å². The Bertz CT molecular complexity index is 213. The van der Waals surface area contributed by atoms with Gasteiger partial charge in [0.25, 0.3) is 0 Å². The third-order valence-electron chi connectivity index (χ3n) is 1.36. The molecule has 0 radical (unpaired) electrons. The molecule has 1 aromatic rings. The molecule has 1 heterocycles. The van der Waals surface area contributed by atoms with Crippen molar-refractivity contribution in [3.63, 3.8) is 0 Å². The third kappa shape index (κ3) is 1.52. The van der Waals surface area contributed by atoms with Gasteiger partial charge in [-0.2, -0.15) is 5.48 Å². The standard InChI is InChI=1S/C7H10N2O/c1-6-3-2-4-8-7(6)5-9-10/h2-4,9-10H,5H2,1H3. The Morgan fingerprint density at radius 2 is 2.50 bits per heavy atom. The molecule has 0 aliphatic heterocycles. The maximum absolute atomic E-state index is 8.35. The quantitative estimate of drug-likeness (QED) is 0.596. The monoisotopic (exact) mass is 138 g/mol. The summed E-state index contributed by atoms with van der Waals surface area (Å²) in [6.45, 7) is 2.37. The van der Waals surface area contributed by atoms with Crippen LogP contribution in [0.25, 0.3) is 0 Å². The molecule has 0 spiro atoms. The summed E-state index contributed by atoms with van der Waals surface area (Å²) in [6, 6.07) is 3.83. The van der Waals surface area contributed by atoms with E-state index in [4.69, 9.17) is 5.21 Å². The van der Waals surface area contributed by atoms with Crippen molar-refractivity contribution in [3.8, 4) is 0 Å². The van der Waals surface area contributed by atoms with Crippen molar-refractivity contribution >= 4 is 0 Å². The Balaban J connectivity index is 2.81. The predicted molar refractivity (Wildman–Crippen MR) is 37.6 cm³/mol. The van der Waals surface area contributed by atoms with E-state index in [1.54, 1.807) is 6.20 Å². The zero-order valence-corrected chi connectivity index (χ0v) is 5.83. The molecule has 0 saturated heterocycles. The van der Waals surface area contributed by atoms with Gasteiger partial charge in [-0.1, -0.05) is 6.07 Å². The molecule has 2 N–H and O–H groups in total. The first kappa shape index (κ1) is 7.18. The Morgan fingerprint density at radius 3 is 3.10 bits per heavy atom. The summed E-state index contributed by atoms with van der Waals surface area (Å²) in [4.78, 5) is 4.05. The summed E-state index contributed by atoms with van der Waals surface area (Å²) in [5.41, 5.74) is 4.03. The van der Waals surface area contributed by atoms with E-state index >= 15 is 0 Å². The van der Waals surface area contributed by atoms with E-state index in [-0.39, 0.29) is 0 Å². The van der Waals surface area contributed by atoms with Crippen molar-refractivity contribution in [2.24, 2.45) is 0 Å². The Kier molecular flexibility index (Phi) is 2.36. The minimum Gasteiger partial charge on any atom is -0.316 e. The number of hydroxylamine groups is 1. The van der Waals surface area contributed by atoms with E-state index in [2.05, 4.69) is 10.5 Å². The first-order valence-electron chi connectivity index (χ1n) is 3.12. The largest absolute Gasteiger partial charge is 0.316 e. The maximum atomic E-state index is 8.35. The van der Waals surface area contributed by atoms with Crippen LogP contribution in [0.3, 0.4) is 0 Å². The molecule has 0 aliphatic rings. The van der Waals surface area contributed by atoms with E-state index in [1.807, 2.05) is 19.1 Å². The predicted octanol–water partition coefficient (Wildman–Crippen LogP) is 0.869. The lowest BCUT2D eigenvalue weighted by Crippen LogP contribution is -2.08. The van der Waals surface area contributed by atoms with Crippen LogP contribution in [0.4, 0.5) is 0 Å². The average molecular weight is 138 g/mol. The molecule has 0 fully saturated rings. The van der Waals surface area contributed by atoms with E-state index in [9.17, 15) is 0 Å². The lowest BCUT2D eigenvalue weighted by Gasteiger charge is -2.00. The van der Waals surface area contributed by atoms with Gasteiger partial charge in [0.15, 0.2) is 0 Å². The lowest BCUT2D eigenvalue weighted by atomic mass is 10.2. The van der Waals surface area contributed by atoms with Crippen LogP contribution in [0.1, 0.15) is 11.3 Å². The molecule has 0 atom stereocenters. The number of aromatic nitrogens is 1. The van der Waals surface area contributed by atoms with Crippen molar-refractivity contribution < 1.29 is 5.21 Å². The Morgan fingerprint density at radius 1 is 1.70 bits per heavy atom. The minimum atomic E-state index is 0.409. The summed E-state index contributed by atoms with van der Waals surface area (Å²) in [5.74, 6) is 0. The van der Waals surface area contributed by atoms with Gasteiger partial charge in [-0.05, 0) is 18.6 Å². The van der Waals surface area contributed by atoms with E-state index in [0.29, 0.717) is 6.54 Å². The van der Waals surface area contributed by atoms with Crippen LogP contribution >= 0.6 is 0 Å². The zero-order chi connectivity index (χ0) is 7.40. The molecule has 0 saturated carbocycles. The molecule has 3 heteroatoms. The highest BCUT2D eigenvalue weighted by atomic mass is 16.5. The molecule has 0 amide bonds. The summed E-state index contributed by atoms with van der Waals surface area (Å²) in [7, 11) is 0. The summed E-state index contributed by atoms with van der Waals surface area (Å²) >= 11 is 0. The molecule has 10 heavy (non-hydrogen) atoms.